The third-order valence-corrected chi connectivity index (χ3v) is 4.27. The number of hydrogen-bond donors (Lipinski definition) is 4. The summed E-state index contributed by atoms with van der Waals surface area (Å²) in [6.45, 7) is 5.94. The molecule has 1 heterocycles. The predicted octanol–water partition coefficient (Wildman–Crippen LogP) is 1.20. The van der Waals surface area contributed by atoms with Crippen molar-refractivity contribution < 1.29 is 9.59 Å². The highest BCUT2D eigenvalue weighted by atomic mass is 16.2. The van der Waals surface area contributed by atoms with Crippen LogP contribution in [0.15, 0.2) is 24.3 Å². The Morgan fingerprint density at radius 2 is 1.89 bits per heavy atom. The zero-order valence-corrected chi connectivity index (χ0v) is 16.1. The number of aryl methyl sites for hydroxylation is 2. The first-order chi connectivity index (χ1) is 12.8. The third-order valence-electron chi connectivity index (χ3n) is 4.27. The lowest BCUT2D eigenvalue weighted by Gasteiger charge is -2.13. The molecule has 8 nitrogen and oxygen atoms in total. The van der Waals surface area contributed by atoms with Crippen molar-refractivity contribution in [1.29, 1.82) is 0 Å². The van der Waals surface area contributed by atoms with Crippen molar-refractivity contribution in [3.8, 4) is 0 Å². The average Bonchev–Trinajstić information content (AvgIpc) is 2.63. The Hall–Kier alpha value is -3.00. The summed E-state index contributed by atoms with van der Waals surface area (Å²) in [6.07, 6.45) is 0.680. The zero-order chi connectivity index (χ0) is 20.0. The number of amides is 2. The van der Waals surface area contributed by atoms with Crippen LogP contribution in [0, 0.1) is 13.8 Å². The second-order valence-electron chi connectivity index (χ2n) is 6.33. The summed E-state index contributed by atoms with van der Waals surface area (Å²) in [4.78, 5) is 32.1. The molecule has 0 radical (unpaired) electrons. The van der Waals surface area contributed by atoms with Gasteiger partial charge >= 0.3 is 0 Å². The van der Waals surface area contributed by atoms with Gasteiger partial charge in [-0.15, -0.1) is 0 Å². The van der Waals surface area contributed by atoms with Gasteiger partial charge in [0, 0.05) is 12.2 Å². The molecule has 0 aliphatic carbocycles. The number of carbonyl (C=O) groups is 2. The van der Waals surface area contributed by atoms with E-state index in [-0.39, 0.29) is 17.6 Å². The molecule has 0 bridgehead atoms. The number of nitrogens with zero attached hydrogens (tertiary/aromatic N) is 2. The summed E-state index contributed by atoms with van der Waals surface area (Å²) in [5, 5.41) is 8.90. The highest BCUT2D eigenvalue weighted by Gasteiger charge is 2.14. The zero-order valence-electron chi connectivity index (χ0n) is 16.1. The number of benzene rings is 1. The first-order valence-electron chi connectivity index (χ1n) is 8.77. The minimum absolute atomic E-state index is 0.0386. The average molecular weight is 370 g/mol. The molecule has 0 spiro atoms. The van der Waals surface area contributed by atoms with Crippen LogP contribution in [0.4, 0.5) is 11.5 Å². The molecule has 1 unspecified atom stereocenters. The van der Waals surface area contributed by atoms with E-state index in [1.54, 1.807) is 20.9 Å². The van der Waals surface area contributed by atoms with Gasteiger partial charge in [0.15, 0.2) is 11.5 Å². The van der Waals surface area contributed by atoms with Crippen LogP contribution in [0.3, 0.4) is 0 Å². The summed E-state index contributed by atoms with van der Waals surface area (Å²) < 4.78 is 0. The number of nitrogens with two attached hydrogens (primary N) is 1. The van der Waals surface area contributed by atoms with Gasteiger partial charge in [-0.05, 0) is 51.9 Å². The molecule has 0 aliphatic rings. The van der Waals surface area contributed by atoms with Crippen molar-refractivity contribution in [2.24, 2.45) is 5.73 Å². The van der Waals surface area contributed by atoms with Gasteiger partial charge in [-0.2, -0.15) is 0 Å². The Balaban J connectivity index is 2.09. The molecule has 5 N–H and O–H groups in total. The monoisotopic (exact) mass is 370 g/mol. The number of aromatic nitrogens is 2. The van der Waals surface area contributed by atoms with Crippen molar-refractivity contribution >= 4 is 23.3 Å². The largest absolute Gasteiger partial charge is 0.364 e. The summed E-state index contributed by atoms with van der Waals surface area (Å²) in [5.74, 6) is -0.340. The number of rotatable bonds is 8. The number of hydrogen-bond acceptors (Lipinski definition) is 6. The standard InChI is InChI=1S/C19H26N6O2/c1-11-12(2)24-18(16(23-11)17(20)26)25-15-7-5-6-14(10-15)8-9-22-19(27)13(3)21-4/h5-7,10,13,21H,8-9H2,1-4H3,(H2,20,26)(H,22,27)(H,24,25). The highest BCUT2D eigenvalue weighted by Crippen LogP contribution is 2.20. The van der Waals surface area contributed by atoms with Crippen LogP contribution in [-0.4, -0.2) is 41.4 Å². The molecule has 144 valence electrons. The van der Waals surface area contributed by atoms with Crippen molar-refractivity contribution in [1.82, 2.24) is 20.6 Å². The van der Waals surface area contributed by atoms with E-state index in [1.165, 1.54) is 0 Å². The van der Waals surface area contributed by atoms with Crippen LogP contribution in [-0.2, 0) is 11.2 Å². The van der Waals surface area contributed by atoms with Crippen molar-refractivity contribution in [3.05, 3.63) is 46.9 Å². The van der Waals surface area contributed by atoms with E-state index >= 15 is 0 Å². The fourth-order valence-electron chi connectivity index (χ4n) is 2.42. The predicted molar refractivity (Wildman–Crippen MR) is 105 cm³/mol. The quantitative estimate of drug-likeness (QED) is 0.554. The molecule has 2 aromatic rings. The van der Waals surface area contributed by atoms with Gasteiger partial charge in [0.05, 0.1) is 17.4 Å². The minimum atomic E-state index is -0.634. The summed E-state index contributed by atoms with van der Waals surface area (Å²) in [7, 11) is 1.75. The van der Waals surface area contributed by atoms with Gasteiger partial charge in [-0.25, -0.2) is 9.97 Å². The summed E-state index contributed by atoms with van der Waals surface area (Å²) in [6, 6.07) is 7.45. The molecule has 0 fully saturated rings. The van der Waals surface area contributed by atoms with E-state index in [4.69, 9.17) is 5.73 Å². The van der Waals surface area contributed by atoms with Crippen LogP contribution in [0.5, 0.6) is 0 Å². The van der Waals surface area contributed by atoms with Crippen LogP contribution in [0.25, 0.3) is 0 Å². The van der Waals surface area contributed by atoms with E-state index < -0.39 is 5.91 Å². The molecule has 27 heavy (non-hydrogen) atoms. The Bertz CT molecular complexity index is 837. The van der Waals surface area contributed by atoms with E-state index in [2.05, 4.69) is 25.9 Å². The number of likely N-dealkylation sites (N-methyl/N-ethyl adjacent to an activating group) is 1. The lowest BCUT2D eigenvalue weighted by Crippen LogP contribution is -2.41. The molecule has 0 saturated carbocycles. The first-order valence-corrected chi connectivity index (χ1v) is 8.77. The fraction of sp³-hybridized carbons (Fsp3) is 0.368. The summed E-state index contributed by atoms with van der Waals surface area (Å²) >= 11 is 0. The van der Waals surface area contributed by atoms with Gasteiger partial charge < -0.3 is 21.7 Å². The lowest BCUT2D eigenvalue weighted by atomic mass is 10.1. The van der Waals surface area contributed by atoms with Crippen molar-refractivity contribution in [3.63, 3.8) is 0 Å². The number of anilines is 2. The minimum Gasteiger partial charge on any atom is -0.364 e. The van der Waals surface area contributed by atoms with Crippen LogP contribution in [0.1, 0.15) is 34.4 Å². The second kappa shape index (κ2) is 9.09. The number of nitrogens with one attached hydrogen (secondary N) is 3. The van der Waals surface area contributed by atoms with Gasteiger partial charge in [0.2, 0.25) is 5.91 Å². The maximum Gasteiger partial charge on any atom is 0.271 e. The number of carbonyl (C=O) groups excluding carboxylic acids is 2. The van der Waals surface area contributed by atoms with Crippen molar-refractivity contribution in [2.45, 2.75) is 33.2 Å². The number of primary amides is 1. The van der Waals surface area contributed by atoms with Gasteiger partial charge in [-0.3, -0.25) is 9.59 Å². The maximum absolute atomic E-state index is 11.8. The van der Waals surface area contributed by atoms with Crippen LogP contribution < -0.4 is 21.7 Å². The SMILES string of the molecule is CNC(C)C(=O)NCCc1cccc(Nc2nc(C)c(C)nc2C(N)=O)c1. The van der Waals surface area contributed by atoms with Crippen LogP contribution >= 0.6 is 0 Å². The molecule has 1 aromatic carbocycles. The molecule has 8 heteroatoms. The van der Waals surface area contributed by atoms with Gasteiger partial charge in [0.1, 0.15) is 0 Å². The topological polar surface area (TPSA) is 122 Å². The van der Waals surface area contributed by atoms with Gasteiger partial charge in [-0.1, -0.05) is 12.1 Å². The van der Waals surface area contributed by atoms with Gasteiger partial charge in [0.25, 0.3) is 5.91 Å². The Morgan fingerprint density at radius 1 is 1.19 bits per heavy atom. The highest BCUT2D eigenvalue weighted by molar-refractivity contribution is 5.96. The molecule has 2 rings (SSSR count). The fourth-order valence-corrected chi connectivity index (χ4v) is 2.42. The Labute approximate surface area is 159 Å². The molecular formula is C19H26N6O2. The molecular weight excluding hydrogens is 344 g/mol. The molecule has 2 amide bonds. The molecule has 1 aromatic heterocycles. The van der Waals surface area contributed by atoms with Crippen molar-refractivity contribution in [2.75, 3.05) is 18.9 Å². The van der Waals surface area contributed by atoms with E-state index in [0.29, 0.717) is 24.5 Å². The lowest BCUT2D eigenvalue weighted by molar-refractivity contribution is -0.122. The maximum atomic E-state index is 11.8. The molecule has 1 atom stereocenters. The Morgan fingerprint density at radius 3 is 2.56 bits per heavy atom. The first kappa shape index (κ1) is 20.3. The van der Waals surface area contributed by atoms with Crippen LogP contribution in [0.2, 0.25) is 0 Å². The van der Waals surface area contributed by atoms with E-state index in [0.717, 1.165) is 16.9 Å². The normalized spacial score (nSPS) is 11.7. The molecule has 0 saturated heterocycles. The third kappa shape index (κ3) is 5.49. The smallest absolute Gasteiger partial charge is 0.271 e. The Kier molecular flexibility index (Phi) is 6.84. The summed E-state index contributed by atoms with van der Waals surface area (Å²) in [5.41, 5.74) is 8.72. The van der Waals surface area contributed by atoms with E-state index in [9.17, 15) is 9.59 Å². The molecule has 0 aliphatic heterocycles. The second-order valence-corrected chi connectivity index (χ2v) is 6.33. The van der Waals surface area contributed by atoms with E-state index in [1.807, 2.05) is 31.2 Å².